The SMILES string of the molecule is Cc1ccc(CNC(=O)CNS(=O)(=O)c2ccc(C)cc2C)cc1. The zero-order valence-corrected chi connectivity index (χ0v) is 14.9. The number of amides is 1. The maximum atomic E-state index is 12.3. The summed E-state index contributed by atoms with van der Waals surface area (Å²) in [6, 6.07) is 12.9. The minimum absolute atomic E-state index is 0.194. The van der Waals surface area contributed by atoms with Crippen LogP contribution in [-0.2, 0) is 21.4 Å². The van der Waals surface area contributed by atoms with Crippen LogP contribution in [0.3, 0.4) is 0 Å². The molecule has 0 radical (unpaired) electrons. The van der Waals surface area contributed by atoms with E-state index in [0.29, 0.717) is 12.1 Å². The van der Waals surface area contributed by atoms with Crippen molar-refractivity contribution in [3.63, 3.8) is 0 Å². The summed E-state index contributed by atoms with van der Waals surface area (Å²) < 4.78 is 26.9. The van der Waals surface area contributed by atoms with Gasteiger partial charge in [-0.2, -0.15) is 0 Å². The average molecular weight is 346 g/mol. The van der Waals surface area contributed by atoms with Gasteiger partial charge in [-0.3, -0.25) is 4.79 Å². The second-order valence-corrected chi connectivity index (χ2v) is 7.59. The van der Waals surface area contributed by atoms with Crippen LogP contribution >= 0.6 is 0 Å². The highest BCUT2D eigenvalue weighted by molar-refractivity contribution is 7.89. The van der Waals surface area contributed by atoms with Crippen LogP contribution in [0, 0.1) is 20.8 Å². The topological polar surface area (TPSA) is 75.3 Å². The molecule has 0 spiro atoms. The van der Waals surface area contributed by atoms with Crippen molar-refractivity contribution in [2.24, 2.45) is 0 Å². The Labute approximate surface area is 143 Å². The minimum atomic E-state index is -3.70. The zero-order chi connectivity index (χ0) is 17.7. The van der Waals surface area contributed by atoms with E-state index >= 15 is 0 Å². The number of nitrogens with one attached hydrogen (secondary N) is 2. The fourth-order valence-corrected chi connectivity index (χ4v) is 3.51. The molecular formula is C18H22N2O3S. The molecule has 2 rings (SSSR count). The van der Waals surface area contributed by atoms with Gasteiger partial charge >= 0.3 is 0 Å². The molecule has 0 fully saturated rings. The molecule has 0 aliphatic rings. The average Bonchev–Trinajstić information content (AvgIpc) is 2.52. The van der Waals surface area contributed by atoms with Gasteiger partial charge in [-0.25, -0.2) is 13.1 Å². The molecule has 0 aromatic heterocycles. The summed E-state index contributed by atoms with van der Waals surface area (Å²) in [6.45, 7) is 5.70. The first-order valence-electron chi connectivity index (χ1n) is 7.67. The summed E-state index contributed by atoms with van der Waals surface area (Å²) in [4.78, 5) is 12.1. The second-order valence-electron chi connectivity index (χ2n) is 5.86. The third-order valence-corrected chi connectivity index (χ3v) is 5.21. The summed E-state index contributed by atoms with van der Waals surface area (Å²) in [6.07, 6.45) is 0. The summed E-state index contributed by atoms with van der Waals surface area (Å²) in [5, 5.41) is 2.70. The van der Waals surface area contributed by atoms with Crippen molar-refractivity contribution in [1.82, 2.24) is 10.0 Å². The summed E-state index contributed by atoms with van der Waals surface area (Å²) in [5.74, 6) is -0.371. The second kappa shape index (κ2) is 7.59. The highest BCUT2D eigenvalue weighted by Crippen LogP contribution is 2.15. The molecule has 0 unspecified atom stereocenters. The number of sulfonamides is 1. The molecule has 128 valence electrons. The Bertz CT molecular complexity index is 828. The molecule has 24 heavy (non-hydrogen) atoms. The molecule has 2 aromatic carbocycles. The van der Waals surface area contributed by atoms with Crippen LogP contribution in [0.4, 0.5) is 0 Å². The van der Waals surface area contributed by atoms with Gasteiger partial charge in [0.25, 0.3) is 0 Å². The molecule has 5 nitrogen and oxygen atoms in total. The number of carbonyl (C=O) groups excluding carboxylic acids is 1. The number of benzene rings is 2. The fraction of sp³-hybridized carbons (Fsp3) is 0.278. The van der Waals surface area contributed by atoms with E-state index < -0.39 is 10.0 Å². The molecule has 0 saturated heterocycles. The van der Waals surface area contributed by atoms with E-state index in [4.69, 9.17) is 0 Å². The quantitative estimate of drug-likeness (QED) is 0.842. The van der Waals surface area contributed by atoms with Crippen molar-refractivity contribution in [1.29, 1.82) is 0 Å². The molecule has 2 N–H and O–H groups in total. The van der Waals surface area contributed by atoms with Crippen LogP contribution in [0.15, 0.2) is 47.4 Å². The van der Waals surface area contributed by atoms with Gasteiger partial charge in [0.2, 0.25) is 15.9 Å². The standard InChI is InChI=1S/C18H22N2O3S/c1-13-4-7-16(8-5-13)11-19-18(21)12-20-24(22,23)17-9-6-14(2)10-15(17)3/h4-10,20H,11-12H2,1-3H3,(H,19,21). The number of carbonyl (C=O) groups is 1. The maximum Gasteiger partial charge on any atom is 0.241 e. The molecule has 6 heteroatoms. The predicted octanol–water partition coefficient (Wildman–Crippen LogP) is 2.21. The van der Waals surface area contributed by atoms with Gasteiger partial charge in [0.15, 0.2) is 0 Å². The molecular weight excluding hydrogens is 324 g/mol. The van der Waals surface area contributed by atoms with Gasteiger partial charge in [-0.1, -0.05) is 47.5 Å². The fourth-order valence-electron chi connectivity index (χ4n) is 2.31. The molecule has 0 saturated carbocycles. The van der Waals surface area contributed by atoms with Crippen LogP contribution in [-0.4, -0.2) is 20.9 Å². The lowest BCUT2D eigenvalue weighted by Crippen LogP contribution is -2.36. The number of rotatable bonds is 6. The highest BCUT2D eigenvalue weighted by Gasteiger charge is 2.17. The molecule has 1 amide bonds. The third-order valence-electron chi connectivity index (χ3n) is 3.65. The molecule has 0 aliphatic carbocycles. The van der Waals surface area contributed by atoms with Crippen LogP contribution in [0.5, 0.6) is 0 Å². The normalized spacial score (nSPS) is 11.3. The van der Waals surface area contributed by atoms with Crippen LogP contribution in [0.2, 0.25) is 0 Å². The molecule has 0 bridgehead atoms. The predicted molar refractivity (Wildman–Crippen MR) is 94.1 cm³/mol. The van der Waals surface area contributed by atoms with Crippen molar-refractivity contribution in [3.05, 3.63) is 64.7 Å². The van der Waals surface area contributed by atoms with E-state index in [-0.39, 0.29) is 17.3 Å². The van der Waals surface area contributed by atoms with Gasteiger partial charge in [0, 0.05) is 6.54 Å². The van der Waals surface area contributed by atoms with Crippen molar-refractivity contribution in [2.75, 3.05) is 6.54 Å². The molecule has 0 atom stereocenters. The van der Waals surface area contributed by atoms with Crippen molar-refractivity contribution < 1.29 is 13.2 Å². The van der Waals surface area contributed by atoms with Gasteiger partial charge in [-0.05, 0) is 38.0 Å². The lowest BCUT2D eigenvalue weighted by molar-refractivity contribution is -0.120. The van der Waals surface area contributed by atoms with Gasteiger partial charge in [0.1, 0.15) is 0 Å². The summed E-state index contributed by atoms with van der Waals surface area (Å²) in [5.41, 5.74) is 3.75. The molecule has 2 aromatic rings. The van der Waals surface area contributed by atoms with E-state index in [2.05, 4.69) is 10.0 Å². The Hall–Kier alpha value is -2.18. The number of hydrogen-bond acceptors (Lipinski definition) is 3. The van der Waals surface area contributed by atoms with Gasteiger partial charge in [0.05, 0.1) is 11.4 Å². The van der Waals surface area contributed by atoms with E-state index in [9.17, 15) is 13.2 Å². The Morgan fingerprint density at radius 3 is 2.21 bits per heavy atom. The molecule has 0 heterocycles. The Morgan fingerprint density at radius 2 is 1.58 bits per heavy atom. The van der Waals surface area contributed by atoms with Crippen LogP contribution in [0.1, 0.15) is 22.3 Å². The van der Waals surface area contributed by atoms with Crippen molar-refractivity contribution >= 4 is 15.9 Å². The lowest BCUT2D eigenvalue weighted by atomic mass is 10.1. The largest absolute Gasteiger partial charge is 0.351 e. The third kappa shape index (κ3) is 4.91. The van der Waals surface area contributed by atoms with E-state index in [1.54, 1.807) is 25.1 Å². The number of aryl methyl sites for hydroxylation is 3. The van der Waals surface area contributed by atoms with Crippen LogP contribution in [0.25, 0.3) is 0 Å². The van der Waals surface area contributed by atoms with E-state index in [1.165, 1.54) is 0 Å². The first-order valence-corrected chi connectivity index (χ1v) is 9.15. The number of hydrogen-bond donors (Lipinski definition) is 2. The summed E-state index contributed by atoms with van der Waals surface area (Å²) in [7, 11) is -3.70. The Balaban J connectivity index is 1.91. The summed E-state index contributed by atoms with van der Waals surface area (Å²) >= 11 is 0. The first-order chi connectivity index (χ1) is 11.3. The minimum Gasteiger partial charge on any atom is -0.351 e. The smallest absolute Gasteiger partial charge is 0.241 e. The van der Waals surface area contributed by atoms with E-state index in [1.807, 2.05) is 38.1 Å². The molecule has 0 aliphatic heterocycles. The van der Waals surface area contributed by atoms with E-state index in [0.717, 1.165) is 16.7 Å². The zero-order valence-electron chi connectivity index (χ0n) is 14.1. The monoisotopic (exact) mass is 346 g/mol. The lowest BCUT2D eigenvalue weighted by Gasteiger charge is -2.10. The highest BCUT2D eigenvalue weighted by atomic mass is 32.2. The van der Waals surface area contributed by atoms with Crippen LogP contribution < -0.4 is 10.0 Å². The van der Waals surface area contributed by atoms with Gasteiger partial charge < -0.3 is 5.32 Å². The maximum absolute atomic E-state index is 12.3. The Morgan fingerprint density at radius 1 is 0.958 bits per heavy atom. The van der Waals surface area contributed by atoms with Crippen molar-refractivity contribution in [3.8, 4) is 0 Å². The Kier molecular flexibility index (Phi) is 5.75. The van der Waals surface area contributed by atoms with Crippen molar-refractivity contribution in [2.45, 2.75) is 32.2 Å². The van der Waals surface area contributed by atoms with Gasteiger partial charge in [-0.15, -0.1) is 0 Å². The first kappa shape index (κ1) is 18.2.